The molecule has 2 aromatic carbocycles. The molecule has 0 aromatic heterocycles. The van der Waals surface area contributed by atoms with E-state index in [1.807, 2.05) is 26.0 Å². The highest BCUT2D eigenvalue weighted by atomic mass is 32.2. The van der Waals surface area contributed by atoms with Crippen molar-refractivity contribution in [3.63, 3.8) is 0 Å². The first-order valence-corrected chi connectivity index (χ1v) is 11.6. The monoisotopic (exact) mass is 430 g/mol. The molecule has 1 amide bonds. The van der Waals surface area contributed by atoms with Crippen LogP contribution in [0.25, 0.3) is 0 Å². The second kappa shape index (κ2) is 8.28. The van der Waals surface area contributed by atoms with Crippen LogP contribution < -0.4 is 9.47 Å². The maximum atomic E-state index is 13.1. The molecule has 2 aliphatic rings. The Kier molecular flexibility index (Phi) is 5.71. The van der Waals surface area contributed by atoms with Gasteiger partial charge in [-0.25, -0.2) is 8.42 Å². The summed E-state index contributed by atoms with van der Waals surface area (Å²) in [5.74, 6) is 1.09. The Morgan fingerprint density at radius 1 is 0.900 bits per heavy atom. The number of nitrogens with zero attached hydrogens (tertiary/aromatic N) is 2. The highest BCUT2D eigenvalue weighted by Gasteiger charge is 2.31. The summed E-state index contributed by atoms with van der Waals surface area (Å²) in [6.07, 6.45) is 0.800. The van der Waals surface area contributed by atoms with E-state index >= 15 is 0 Å². The lowest BCUT2D eigenvalue weighted by atomic mass is 10.1. The summed E-state index contributed by atoms with van der Waals surface area (Å²) in [4.78, 5) is 15.0. The predicted molar refractivity (Wildman–Crippen MR) is 113 cm³/mol. The van der Waals surface area contributed by atoms with Gasteiger partial charge >= 0.3 is 0 Å². The van der Waals surface area contributed by atoms with Gasteiger partial charge < -0.3 is 14.4 Å². The average Bonchev–Trinajstić information content (AvgIpc) is 2.98. The smallest absolute Gasteiger partial charge is 0.254 e. The molecule has 160 valence electrons. The molecule has 30 heavy (non-hydrogen) atoms. The van der Waals surface area contributed by atoms with Gasteiger partial charge in [0.05, 0.1) is 18.1 Å². The quantitative estimate of drug-likeness (QED) is 0.748. The summed E-state index contributed by atoms with van der Waals surface area (Å²) in [6, 6.07) is 10.5. The van der Waals surface area contributed by atoms with Gasteiger partial charge in [-0.3, -0.25) is 4.79 Å². The fourth-order valence-corrected chi connectivity index (χ4v) is 5.47. The van der Waals surface area contributed by atoms with Crippen LogP contribution in [-0.2, 0) is 10.0 Å². The van der Waals surface area contributed by atoms with Crippen molar-refractivity contribution in [1.29, 1.82) is 0 Å². The Bertz CT molecular complexity index is 1060. The SMILES string of the molecule is Cc1ccc(S(=O)(=O)N2CCN(C(=O)c3ccc4c(c3)OCCCO4)CC2)c(C)c1. The summed E-state index contributed by atoms with van der Waals surface area (Å²) in [6.45, 7) is 6.13. The first-order chi connectivity index (χ1) is 14.4. The number of amides is 1. The molecular weight excluding hydrogens is 404 g/mol. The standard InChI is InChI=1S/C22H26N2O5S/c1-16-4-7-21(17(2)14-16)30(26,27)24-10-8-23(9-11-24)22(25)18-5-6-19-20(15-18)29-13-3-12-28-19/h4-7,14-15H,3,8-13H2,1-2H3. The van der Waals surface area contributed by atoms with E-state index in [0.29, 0.717) is 48.3 Å². The lowest BCUT2D eigenvalue weighted by Gasteiger charge is -2.34. The van der Waals surface area contributed by atoms with Crippen LogP contribution in [0.3, 0.4) is 0 Å². The molecule has 0 atom stereocenters. The molecule has 7 nitrogen and oxygen atoms in total. The van der Waals surface area contributed by atoms with E-state index in [9.17, 15) is 13.2 Å². The lowest BCUT2D eigenvalue weighted by molar-refractivity contribution is 0.0697. The molecule has 2 heterocycles. The van der Waals surface area contributed by atoms with Gasteiger partial charge in [0.1, 0.15) is 0 Å². The molecule has 0 radical (unpaired) electrons. The normalized spacial score (nSPS) is 17.5. The van der Waals surface area contributed by atoms with Crippen LogP contribution in [0.2, 0.25) is 0 Å². The van der Waals surface area contributed by atoms with Gasteiger partial charge in [0.15, 0.2) is 11.5 Å². The van der Waals surface area contributed by atoms with Crippen molar-refractivity contribution in [2.24, 2.45) is 0 Å². The summed E-state index contributed by atoms with van der Waals surface area (Å²) in [5.41, 5.74) is 2.28. The molecule has 1 saturated heterocycles. The van der Waals surface area contributed by atoms with Crippen LogP contribution in [0.5, 0.6) is 11.5 Å². The molecule has 0 spiro atoms. The van der Waals surface area contributed by atoms with Crippen LogP contribution in [0.15, 0.2) is 41.3 Å². The Labute approximate surface area is 177 Å². The molecule has 0 bridgehead atoms. The zero-order valence-electron chi connectivity index (χ0n) is 17.3. The number of carbonyl (C=O) groups is 1. The van der Waals surface area contributed by atoms with Gasteiger partial charge in [0, 0.05) is 38.2 Å². The van der Waals surface area contributed by atoms with Gasteiger partial charge in [0.25, 0.3) is 5.91 Å². The first kappa shape index (κ1) is 20.7. The summed E-state index contributed by atoms with van der Waals surface area (Å²) >= 11 is 0. The first-order valence-electron chi connectivity index (χ1n) is 10.1. The van der Waals surface area contributed by atoms with E-state index in [4.69, 9.17) is 9.47 Å². The van der Waals surface area contributed by atoms with E-state index in [1.165, 1.54) is 4.31 Å². The van der Waals surface area contributed by atoms with Crippen molar-refractivity contribution >= 4 is 15.9 Å². The fourth-order valence-electron chi connectivity index (χ4n) is 3.84. The van der Waals surface area contributed by atoms with Crippen molar-refractivity contribution in [3.8, 4) is 11.5 Å². The van der Waals surface area contributed by atoms with E-state index in [0.717, 1.165) is 17.5 Å². The highest BCUT2D eigenvalue weighted by molar-refractivity contribution is 7.89. The van der Waals surface area contributed by atoms with Gasteiger partial charge in [-0.1, -0.05) is 17.7 Å². The summed E-state index contributed by atoms with van der Waals surface area (Å²) in [5, 5.41) is 0. The minimum Gasteiger partial charge on any atom is -0.490 e. The maximum Gasteiger partial charge on any atom is 0.254 e. The Balaban J connectivity index is 1.45. The number of aryl methyl sites for hydroxylation is 2. The van der Waals surface area contributed by atoms with E-state index in [-0.39, 0.29) is 19.0 Å². The average molecular weight is 431 g/mol. The molecule has 0 N–H and O–H groups in total. The maximum absolute atomic E-state index is 13.1. The van der Waals surface area contributed by atoms with E-state index in [2.05, 4.69) is 0 Å². The molecule has 1 fully saturated rings. The van der Waals surface area contributed by atoms with Gasteiger partial charge in [0.2, 0.25) is 10.0 Å². The van der Waals surface area contributed by atoms with Gasteiger partial charge in [-0.05, 0) is 43.7 Å². The Hall–Kier alpha value is -2.58. The topological polar surface area (TPSA) is 76.2 Å². The van der Waals surface area contributed by atoms with Crippen molar-refractivity contribution in [2.75, 3.05) is 39.4 Å². The zero-order valence-corrected chi connectivity index (χ0v) is 18.1. The number of ether oxygens (including phenoxy) is 2. The number of rotatable bonds is 3. The molecule has 2 aliphatic heterocycles. The van der Waals surface area contributed by atoms with Crippen molar-refractivity contribution in [2.45, 2.75) is 25.2 Å². The zero-order chi connectivity index (χ0) is 21.3. The van der Waals surface area contributed by atoms with Gasteiger partial charge in [-0.15, -0.1) is 0 Å². The number of sulfonamides is 1. The third-order valence-electron chi connectivity index (χ3n) is 5.47. The van der Waals surface area contributed by atoms with Crippen molar-refractivity contribution in [3.05, 3.63) is 53.1 Å². The third kappa shape index (κ3) is 4.02. The van der Waals surface area contributed by atoms with E-state index < -0.39 is 10.0 Å². The molecule has 0 unspecified atom stereocenters. The Morgan fingerprint density at radius 2 is 1.60 bits per heavy atom. The molecular formula is C22H26N2O5S. The number of hydrogen-bond donors (Lipinski definition) is 0. The molecule has 8 heteroatoms. The largest absolute Gasteiger partial charge is 0.490 e. The van der Waals surface area contributed by atoms with Crippen LogP contribution in [0, 0.1) is 13.8 Å². The fraction of sp³-hybridized carbons (Fsp3) is 0.409. The highest BCUT2D eigenvalue weighted by Crippen LogP contribution is 2.31. The minimum absolute atomic E-state index is 0.130. The lowest BCUT2D eigenvalue weighted by Crippen LogP contribution is -2.50. The van der Waals surface area contributed by atoms with Gasteiger partial charge in [-0.2, -0.15) is 4.31 Å². The number of carbonyl (C=O) groups excluding carboxylic acids is 1. The molecule has 4 rings (SSSR count). The van der Waals surface area contributed by atoms with Crippen LogP contribution >= 0.6 is 0 Å². The van der Waals surface area contributed by atoms with E-state index in [1.54, 1.807) is 29.2 Å². The van der Waals surface area contributed by atoms with Crippen LogP contribution in [0.1, 0.15) is 27.9 Å². The summed E-state index contributed by atoms with van der Waals surface area (Å²) < 4.78 is 38.9. The minimum atomic E-state index is -3.58. The molecule has 2 aromatic rings. The Morgan fingerprint density at radius 3 is 2.30 bits per heavy atom. The number of fused-ring (bicyclic) bond motifs is 1. The summed E-state index contributed by atoms with van der Waals surface area (Å²) in [7, 11) is -3.58. The van der Waals surface area contributed by atoms with Crippen LogP contribution in [-0.4, -0.2) is 62.9 Å². The van der Waals surface area contributed by atoms with Crippen LogP contribution in [0.4, 0.5) is 0 Å². The molecule has 0 saturated carbocycles. The second-order valence-corrected chi connectivity index (χ2v) is 9.58. The predicted octanol–water partition coefficient (Wildman–Crippen LogP) is 2.61. The number of benzene rings is 2. The number of piperazine rings is 1. The number of hydrogen-bond acceptors (Lipinski definition) is 5. The third-order valence-corrected chi connectivity index (χ3v) is 7.53. The molecule has 0 aliphatic carbocycles. The van der Waals surface area contributed by atoms with Crippen molar-refractivity contribution in [1.82, 2.24) is 9.21 Å². The van der Waals surface area contributed by atoms with Crippen molar-refractivity contribution < 1.29 is 22.7 Å². The second-order valence-electron chi connectivity index (χ2n) is 7.68.